The molecule has 1 unspecified atom stereocenters. The molecule has 0 spiro atoms. The molecular formula is C10H19N5O2. The Kier molecular flexibility index (Phi) is 4.45. The highest BCUT2D eigenvalue weighted by atomic mass is 16.2. The van der Waals surface area contributed by atoms with Crippen molar-refractivity contribution in [3.63, 3.8) is 0 Å². The van der Waals surface area contributed by atoms with Gasteiger partial charge in [-0.1, -0.05) is 6.92 Å². The van der Waals surface area contributed by atoms with Crippen molar-refractivity contribution in [2.75, 3.05) is 6.54 Å². The average Bonchev–Trinajstić information content (AvgIpc) is 2.24. The van der Waals surface area contributed by atoms with Gasteiger partial charge in [-0.3, -0.25) is 20.3 Å². The average molecular weight is 241 g/mol. The maximum atomic E-state index is 11.7. The van der Waals surface area contributed by atoms with Crippen LogP contribution in [0.1, 0.15) is 27.2 Å². The van der Waals surface area contributed by atoms with Crippen molar-refractivity contribution in [1.29, 1.82) is 0 Å². The maximum Gasteiger partial charge on any atom is 0.249 e. The van der Waals surface area contributed by atoms with E-state index in [9.17, 15) is 9.59 Å². The van der Waals surface area contributed by atoms with Crippen molar-refractivity contribution < 1.29 is 9.59 Å². The minimum Gasteiger partial charge on any atom is -0.321 e. The normalized spacial score (nSPS) is 21.8. The highest BCUT2D eigenvalue weighted by molar-refractivity contribution is 6.04. The number of aliphatic imine (C=N–C) groups is 1. The van der Waals surface area contributed by atoms with Crippen molar-refractivity contribution in [3.05, 3.63) is 0 Å². The first-order chi connectivity index (χ1) is 7.99. The Balaban J connectivity index is 2.97. The lowest BCUT2D eigenvalue weighted by molar-refractivity contribution is -0.137. The molecule has 0 aromatic carbocycles. The van der Waals surface area contributed by atoms with Gasteiger partial charge in [0.15, 0.2) is 0 Å². The minimum atomic E-state index is -0.416. The zero-order valence-electron chi connectivity index (χ0n) is 10.4. The van der Waals surface area contributed by atoms with E-state index < -0.39 is 6.04 Å². The molecule has 17 heavy (non-hydrogen) atoms. The summed E-state index contributed by atoms with van der Waals surface area (Å²) in [4.78, 5) is 28.9. The summed E-state index contributed by atoms with van der Waals surface area (Å²) in [5.41, 5.74) is 2.45. The molecule has 4 N–H and O–H groups in total. The standard InChI is InChI=1S/C10H19N5O2/c1-4-7-9(17)13-8(16)5-15(7)10(14-11)12-6(2)3/h6-7H,4-5,11H2,1-3H3,(H,12,14)(H,13,16,17). The van der Waals surface area contributed by atoms with E-state index in [2.05, 4.69) is 15.7 Å². The van der Waals surface area contributed by atoms with Crippen molar-refractivity contribution in [2.24, 2.45) is 10.8 Å². The van der Waals surface area contributed by atoms with Crippen molar-refractivity contribution >= 4 is 17.8 Å². The number of piperazine rings is 1. The van der Waals surface area contributed by atoms with Crippen LogP contribution < -0.4 is 16.6 Å². The van der Waals surface area contributed by atoms with E-state index in [0.29, 0.717) is 12.4 Å². The lowest BCUT2D eigenvalue weighted by Gasteiger charge is -2.35. The van der Waals surface area contributed by atoms with Gasteiger partial charge in [0.25, 0.3) is 0 Å². The molecule has 0 radical (unpaired) electrons. The van der Waals surface area contributed by atoms with Gasteiger partial charge in [0.2, 0.25) is 17.8 Å². The number of nitrogens with two attached hydrogens (primary N) is 1. The van der Waals surface area contributed by atoms with Gasteiger partial charge in [-0.2, -0.15) is 0 Å². The molecule has 1 rings (SSSR count). The lowest BCUT2D eigenvalue weighted by atomic mass is 10.1. The van der Waals surface area contributed by atoms with Crippen LogP contribution in [0, 0.1) is 0 Å². The zero-order chi connectivity index (χ0) is 13.0. The van der Waals surface area contributed by atoms with E-state index in [4.69, 9.17) is 5.84 Å². The number of guanidine groups is 1. The number of hydrogen-bond donors (Lipinski definition) is 3. The smallest absolute Gasteiger partial charge is 0.249 e. The Labute approximate surface area is 100 Å². The molecular weight excluding hydrogens is 222 g/mol. The summed E-state index contributed by atoms with van der Waals surface area (Å²) < 4.78 is 0. The fourth-order valence-corrected chi connectivity index (χ4v) is 1.73. The van der Waals surface area contributed by atoms with E-state index in [0.717, 1.165) is 0 Å². The van der Waals surface area contributed by atoms with Crippen molar-refractivity contribution in [3.8, 4) is 0 Å². The van der Waals surface area contributed by atoms with Crippen LogP contribution in [0.15, 0.2) is 4.99 Å². The Hall–Kier alpha value is -1.63. The highest BCUT2D eigenvalue weighted by Crippen LogP contribution is 2.09. The second-order valence-corrected chi connectivity index (χ2v) is 4.16. The largest absolute Gasteiger partial charge is 0.321 e. The van der Waals surface area contributed by atoms with Crippen LogP contribution in [0.5, 0.6) is 0 Å². The van der Waals surface area contributed by atoms with Crippen molar-refractivity contribution in [2.45, 2.75) is 39.3 Å². The molecule has 1 aliphatic heterocycles. The van der Waals surface area contributed by atoms with Gasteiger partial charge >= 0.3 is 0 Å². The van der Waals surface area contributed by atoms with Crippen LogP contribution in [0.3, 0.4) is 0 Å². The van der Waals surface area contributed by atoms with Gasteiger partial charge in [0.05, 0.1) is 0 Å². The summed E-state index contributed by atoms with van der Waals surface area (Å²) in [5, 5.41) is 2.30. The van der Waals surface area contributed by atoms with Crippen LogP contribution in [0.2, 0.25) is 0 Å². The molecule has 0 bridgehead atoms. The zero-order valence-corrected chi connectivity index (χ0v) is 10.4. The number of carbonyl (C=O) groups excluding carboxylic acids is 2. The second kappa shape index (κ2) is 5.62. The van der Waals surface area contributed by atoms with Gasteiger partial charge in [0.1, 0.15) is 12.6 Å². The molecule has 1 atom stereocenters. The summed E-state index contributed by atoms with van der Waals surface area (Å²) in [6.45, 7) is 5.74. The van der Waals surface area contributed by atoms with Crippen LogP contribution >= 0.6 is 0 Å². The monoisotopic (exact) mass is 241 g/mol. The first-order valence-electron chi connectivity index (χ1n) is 5.64. The molecule has 0 aromatic heterocycles. The Morgan fingerprint density at radius 1 is 1.65 bits per heavy atom. The van der Waals surface area contributed by atoms with E-state index in [-0.39, 0.29) is 24.4 Å². The molecule has 7 nitrogen and oxygen atoms in total. The van der Waals surface area contributed by atoms with E-state index >= 15 is 0 Å². The molecule has 1 heterocycles. The predicted molar refractivity (Wildman–Crippen MR) is 63.8 cm³/mol. The third-order valence-electron chi connectivity index (χ3n) is 2.42. The van der Waals surface area contributed by atoms with Crippen LogP contribution in [-0.2, 0) is 9.59 Å². The van der Waals surface area contributed by atoms with Crippen LogP contribution in [0.4, 0.5) is 0 Å². The number of nitrogens with one attached hydrogen (secondary N) is 2. The Bertz CT molecular complexity index is 340. The first kappa shape index (κ1) is 13.4. The Morgan fingerprint density at radius 2 is 2.29 bits per heavy atom. The lowest BCUT2D eigenvalue weighted by Crippen LogP contribution is -2.62. The predicted octanol–water partition coefficient (Wildman–Crippen LogP) is -1.05. The summed E-state index contributed by atoms with van der Waals surface area (Å²) in [7, 11) is 0. The third kappa shape index (κ3) is 3.16. The number of hydrazine groups is 1. The fourth-order valence-electron chi connectivity index (χ4n) is 1.73. The number of rotatable bonds is 2. The number of imide groups is 1. The van der Waals surface area contributed by atoms with E-state index in [1.165, 1.54) is 0 Å². The topological polar surface area (TPSA) is 99.8 Å². The van der Waals surface area contributed by atoms with E-state index in [1.807, 2.05) is 20.8 Å². The highest BCUT2D eigenvalue weighted by Gasteiger charge is 2.34. The molecule has 1 aliphatic rings. The molecule has 2 amide bonds. The summed E-state index contributed by atoms with van der Waals surface area (Å²) in [6.07, 6.45) is 0.581. The molecule has 1 fully saturated rings. The summed E-state index contributed by atoms with van der Waals surface area (Å²) >= 11 is 0. The molecule has 96 valence electrons. The molecule has 1 saturated heterocycles. The number of amides is 2. The summed E-state index contributed by atoms with van der Waals surface area (Å²) in [5.74, 6) is 5.11. The maximum absolute atomic E-state index is 11.7. The van der Waals surface area contributed by atoms with Gasteiger partial charge in [-0.25, -0.2) is 10.8 Å². The molecule has 7 heteroatoms. The third-order valence-corrected chi connectivity index (χ3v) is 2.42. The Morgan fingerprint density at radius 3 is 2.76 bits per heavy atom. The number of nitrogens with zero attached hydrogens (tertiary/aromatic N) is 2. The number of hydrogen-bond acceptors (Lipinski definition) is 4. The first-order valence-corrected chi connectivity index (χ1v) is 5.64. The van der Waals surface area contributed by atoms with Gasteiger partial charge in [0, 0.05) is 6.04 Å². The van der Waals surface area contributed by atoms with Gasteiger partial charge in [-0.15, -0.1) is 0 Å². The van der Waals surface area contributed by atoms with Crippen molar-refractivity contribution in [1.82, 2.24) is 15.6 Å². The summed E-state index contributed by atoms with van der Waals surface area (Å²) in [6, 6.07) is -0.389. The van der Waals surface area contributed by atoms with Crippen LogP contribution in [-0.4, -0.2) is 41.3 Å². The second-order valence-electron chi connectivity index (χ2n) is 4.16. The minimum absolute atomic E-state index is 0.0265. The SMILES string of the molecule is CCC1C(=O)NC(=O)CN1C(=NC(C)C)NN. The number of carbonyl (C=O) groups is 2. The van der Waals surface area contributed by atoms with Gasteiger partial charge < -0.3 is 4.90 Å². The fraction of sp³-hybridized carbons (Fsp3) is 0.700. The quantitative estimate of drug-likeness (QED) is 0.188. The molecule has 0 aromatic rings. The van der Waals surface area contributed by atoms with E-state index in [1.54, 1.807) is 4.90 Å². The molecule has 0 saturated carbocycles. The van der Waals surface area contributed by atoms with Crippen LogP contribution in [0.25, 0.3) is 0 Å². The van der Waals surface area contributed by atoms with Gasteiger partial charge in [-0.05, 0) is 20.3 Å². The molecule has 0 aliphatic carbocycles.